The van der Waals surface area contributed by atoms with Crippen LogP contribution < -0.4 is 0 Å². The van der Waals surface area contributed by atoms with Gasteiger partial charge in [0.15, 0.2) is 0 Å². The van der Waals surface area contributed by atoms with Crippen molar-refractivity contribution in [2.75, 3.05) is 5.33 Å². The van der Waals surface area contributed by atoms with Crippen molar-refractivity contribution in [1.29, 1.82) is 0 Å². The van der Waals surface area contributed by atoms with Gasteiger partial charge in [0.2, 0.25) is 5.91 Å². The molecule has 0 radical (unpaired) electrons. The molecular weight excluding hydrogens is 278 g/mol. The second kappa shape index (κ2) is 5.67. The quantitative estimate of drug-likeness (QED) is 0.764. The Morgan fingerprint density at radius 2 is 2.06 bits per heavy atom. The molecule has 0 aromatic heterocycles. The number of hydrogen-bond donors (Lipinski definition) is 0. The van der Waals surface area contributed by atoms with Gasteiger partial charge in [0.25, 0.3) is 0 Å². The van der Waals surface area contributed by atoms with Crippen molar-refractivity contribution in [3.8, 4) is 0 Å². The van der Waals surface area contributed by atoms with Crippen LogP contribution in [0.4, 0.5) is 0 Å². The maximum atomic E-state index is 12.0. The molecule has 1 fully saturated rings. The molecule has 1 amide bonds. The molecule has 3 heteroatoms. The lowest BCUT2D eigenvalue weighted by Crippen LogP contribution is -2.40. The fourth-order valence-corrected chi connectivity index (χ4v) is 2.47. The molecule has 0 bridgehead atoms. The second-order valence-electron chi connectivity index (χ2n) is 4.72. The van der Waals surface area contributed by atoms with E-state index in [0.29, 0.717) is 17.3 Å². The summed E-state index contributed by atoms with van der Waals surface area (Å²) in [5.74, 6) is 0.898. The van der Waals surface area contributed by atoms with Gasteiger partial charge in [-0.1, -0.05) is 46.3 Å². The lowest BCUT2D eigenvalue weighted by molar-refractivity contribution is -0.131. The van der Waals surface area contributed by atoms with Crippen LogP contribution in [0.15, 0.2) is 30.3 Å². The Bertz CT molecular complexity index is 375. The highest BCUT2D eigenvalue weighted by molar-refractivity contribution is 9.09. The van der Waals surface area contributed by atoms with E-state index in [0.717, 1.165) is 6.54 Å². The number of carbonyl (C=O) groups excluding carboxylic acids is 1. The third-order valence-corrected chi connectivity index (χ3v) is 3.91. The van der Waals surface area contributed by atoms with Crippen molar-refractivity contribution in [3.05, 3.63) is 35.9 Å². The Morgan fingerprint density at radius 1 is 1.41 bits per heavy atom. The van der Waals surface area contributed by atoms with Crippen LogP contribution >= 0.6 is 15.9 Å². The van der Waals surface area contributed by atoms with E-state index in [1.54, 1.807) is 0 Å². The maximum Gasteiger partial charge on any atom is 0.233 e. The standard InChI is InChI=1S/C14H18BrNO/c1-11(13-7-8-13)16(14(17)9-15)10-12-5-3-2-4-6-12/h2-6,11,13H,7-10H2,1H3. The van der Waals surface area contributed by atoms with Gasteiger partial charge in [-0.3, -0.25) is 4.79 Å². The van der Waals surface area contributed by atoms with E-state index in [-0.39, 0.29) is 5.91 Å². The van der Waals surface area contributed by atoms with Crippen LogP contribution in [0.25, 0.3) is 0 Å². The van der Waals surface area contributed by atoms with Gasteiger partial charge in [0.05, 0.1) is 5.33 Å². The highest BCUT2D eigenvalue weighted by Crippen LogP contribution is 2.35. The number of nitrogens with zero attached hydrogens (tertiary/aromatic N) is 1. The smallest absolute Gasteiger partial charge is 0.233 e. The summed E-state index contributed by atoms with van der Waals surface area (Å²) in [6.07, 6.45) is 2.53. The maximum absolute atomic E-state index is 12.0. The molecular formula is C14H18BrNO. The van der Waals surface area contributed by atoms with Gasteiger partial charge >= 0.3 is 0 Å². The number of alkyl halides is 1. The van der Waals surface area contributed by atoms with E-state index in [1.807, 2.05) is 23.1 Å². The van der Waals surface area contributed by atoms with Gasteiger partial charge in [-0.25, -0.2) is 0 Å². The zero-order valence-corrected chi connectivity index (χ0v) is 11.7. The minimum absolute atomic E-state index is 0.188. The molecule has 1 saturated carbocycles. The van der Waals surface area contributed by atoms with E-state index in [9.17, 15) is 4.79 Å². The average molecular weight is 296 g/mol. The van der Waals surface area contributed by atoms with Crippen LogP contribution in [-0.2, 0) is 11.3 Å². The largest absolute Gasteiger partial charge is 0.335 e. The average Bonchev–Trinajstić information content (AvgIpc) is 3.20. The Balaban J connectivity index is 2.07. The van der Waals surface area contributed by atoms with E-state index in [4.69, 9.17) is 0 Å². The predicted molar refractivity (Wildman–Crippen MR) is 73.0 cm³/mol. The zero-order valence-electron chi connectivity index (χ0n) is 10.1. The highest BCUT2D eigenvalue weighted by atomic mass is 79.9. The van der Waals surface area contributed by atoms with Gasteiger partial charge in [0.1, 0.15) is 0 Å². The number of amides is 1. The van der Waals surface area contributed by atoms with E-state index >= 15 is 0 Å². The number of rotatable bonds is 5. The van der Waals surface area contributed by atoms with Crippen LogP contribution in [0.1, 0.15) is 25.3 Å². The molecule has 1 aliphatic rings. The molecule has 2 nitrogen and oxygen atoms in total. The number of benzene rings is 1. The molecule has 0 N–H and O–H groups in total. The predicted octanol–water partition coefficient (Wildman–Crippen LogP) is 3.21. The molecule has 0 spiro atoms. The third kappa shape index (κ3) is 3.32. The van der Waals surface area contributed by atoms with Crippen molar-refractivity contribution < 1.29 is 4.79 Å². The van der Waals surface area contributed by atoms with Crippen molar-refractivity contribution in [2.45, 2.75) is 32.4 Å². The molecule has 17 heavy (non-hydrogen) atoms. The van der Waals surface area contributed by atoms with Gasteiger partial charge in [-0.2, -0.15) is 0 Å². The molecule has 1 unspecified atom stereocenters. The molecule has 0 saturated heterocycles. The summed E-state index contributed by atoms with van der Waals surface area (Å²) in [6.45, 7) is 2.89. The molecule has 1 aliphatic carbocycles. The Hall–Kier alpha value is -0.830. The normalized spacial score (nSPS) is 16.6. The zero-order chi connectivity index (χ0) is 12.3. The van der Waals surface area contributed by atoms with Crippen molar-refractivity contribution in [1.82, 2.24) is 4.90 Å². The fourth-order valence-electron chi connectivity index (χ4n) is 2.15. The van der Waals surface area contributed by atoms with Crippen molar-refractivity contribution in [2.24, 2.45) is 5.92 Å². The first-order chi connectivity index (χ1) is 8.22. The van der Waals surface area contributed by atoms with E-state index in [1.165, 1.54) is 18.4 Å². The van der Waals surface area contributed by atoms with Crippen molar-refractivity contribution in [3.63, 3.8) is 0 Å². The Morgan fingerprint density at radius 3 is 2.59 bits per heavy atom. The Labute approximate surface area is 111 Å². The lowest BCUT2D eigenvalue weighted by atomic mass is 10.1. The van der Waals surface area contributed by atoms with Gasteiger partial charge in [-0.15, -0.1) is 0 Å². The van der Waals surface area contributed by atoms with Crippen LogP contribution in [0.3, 0.4) is 0 Å². The number of hydrogen-bond acceptors (Lipinski definition) is 1. The summed E-state index contributed by atoms with van der Waals surface area (Å²) in [7, 11) is 0. The first-order valence-corrected chi connectivity index (χ1v) is 7.24. The topological polar surface area (TPSA) is 20.3 Å². The van der Waals surface area contributed by atoms with Gasteiger partial charge in [0, 0.05) is 12.6 Å². The summed E-state index contributed by atoms with van der Waals surface area (Å²) in [5, 5.41) is 0.414. The molecule has 2 rings (SSSR count). The third-order valence-electron chi connectivity index (χ3n) is 3.43. The van der Waals surface area contributed by atoms with Crippen LogP contribution in [0, 0.1) is 5.92 Å². The summed E-state index contributed by atoms with van der Waals surface area (Å²) in [5.41, 5.74) is 1.20. The molecule has 1 aromatic carbocycles. The molecule has 0 aliphatic heterocycles. The monoisotopic (exact) mass is 295 g/mol. The van der Waals surface area contributed by atoms with Crippen molar-refractivity contribution >= 4 is 21.8 Å². The lowest BCUT2D eigenvalue weighted by Gasteiger charge is -2.29. The van der Waals surface area contributed by atoms with Crippen LogP contribution in [-0.4, -0.2) is 22.2 Å². The minimum Gasteiger partial charge on any atom is -0.335 e. The summed E-state index contributed by atoms with van der Waals surface area (Å²) in [4.78, 5) is 14.0. The fraction of sp³-hybridized carbons (Fsp3) is 0.500. The van der Waals surface area contributed by atoms with Gasteiger partial charge < -0.3 is 4.90 Å². The summed E-state index contributed by atoms with van der Waals surface area (Å²) in [6, 6.07) is 10.6. The van der Waals surface area contributed by atoms with Crippen LogP contribution in [0.5, 0.6) is 0 Å². The first kappa shape index (κ1) is 12.6. The molecule has 0 heterocycles. The minimum atomic E-state index is 0.188. The number of carbonyl (C=O) groups is 1. The van der Waals surface area contributed by atoms with E-state index < -0.39 is 0 Å². The molecule has 92 valence electrons. The highest BCUT2D eigenvalue weighted by Gasteiger charge is 2.33. The SMILES string of the molecule is CC(C1CC1)N(Cc1ccccc1)C(=O)CBr. The molecule has 1 aromatic rings. The summed E-state index contributed by atoms with van der Waals surface area (Å²) >= 11 is 3.28. The first-order valence-electron chi connectivity index (χ1n) is 6.11. The van der Waals surface area contributed by atoms with E-state index in [2.05, 4.69) is 35.0 Å². The molecule has 1 atom stereocenters. The van der Waals surface area contributed by atoms with Crippen LogP contribution in [0.2, 0.25) is 0 Å². The summed E-state index contributed by atoms with van der Waals surface area (Å²) < 4.78 is 0. The van der Waals surface area contributed by atoms with Gasteiger partial charge in [-0.05, 0) is 31.2 Å². The second-order valence-corrected chi connectivity index (χ2v) is 5.28. The number of halogens is 1. The Kier molecular flexibility index (Phi) is 4.21.